The monoisotopic (exact) mass is 283 g/mol. The van der Waals surface area contributed by atoms with Crippen molar-refractivity contribution in [3.63, 3.8) is 0 Å². The minimum atomic E-state index is 0.108. The highest BCUT2D eigenvalue weighted by Crippen LogP contribution is 2.36. The van der Waals surface area contributed by atoms with Gasteiger partial charge in [0, 0.05) is 19.1 Å². The molecule has 1 N–H and O–H groups in total. The number of hydrogen-bond donors (Lipinski definition) is 1. The van der Waals surface area contributed by atoms with E-state index in [2.05, 4.69) is 24.3 Å². The van der Waals surface area contributed by atoms with Crippen molar-refractivity contribution in [2.75, 3.05) is 47.4 Å². The van der Waals surface area contributed by atoms with Crippen molar-refractivity contribution in [2.24, 2.45) is 0 Å². The fraction of sp³-hybridized carbons (Fsp3) is 0.933. The lowest BCUT2D eigenvalue weighted by molar-refractivity contribution is -0.140. The van der Waals surface area contributed by atoms with Crippen LogP contribution in [0.3, 0.4) is 0 Å². The summed E-state index contributed by atoms with van der Waals surface area (Å²) < 4.78 is 5.75. The highest BCUT2D eigenvalue weighted by molar-refractivity contribution is 5.77. The van der Waals surface area contributed by atoms with Gasteiger partial charge in [-0.05, 0) is 59.3 Å². The predicted molar refractivity (Wildman–Crippen MR) is 79.7 cm³/mol. The van der Waals surface area contributed by atoms with Crippen LogP contribution in [0, 0.1) is 0 Å². The van der Waals surface area contributed by atoms with Crippen LogP contribution in [0.2, 0.25) is 0 Å². The largest absolute Gasteiger partial charge is 0.368 e. The normalized spacial score (nSPS) is 22.6. The molecule has 2 fully saturated rings. The van der Waals surface area contributed by atoms with Crippen LogP contribution in [-0.2, 0) is 9.53 Å². The van der Waals surface area contributed by atoms with Crippen LogP contribution in [-0.4, -0.2) is 74.7 Å². The van der Waals surface area contributed by atoms with Gasteiger partial charge in [-0.15, -0.1) is 0 Å². The summed E-state index contributed by atoms with van der Waals surface area (Å²) in [4.78, 5) is 16.3. The Morgan fingerprint density at radius 2 is 1.90 bits per heavy atom. The molecule has 1 amide bonds. The third kappa shape index (κ3) is 3.71. The van der Waals surface area contributed by atoms with Gasteiger partial charge in [0.2, 0.25) is 5.91 Å². The van der Waals surface area contributed by atoms with Gasteiger partial charge < -0.3 is 19.9 Å². The van der Waals surface area contributed by atoms with Crippen LogP contribution in [0.1, 0.15) is 32.1 Å². The Bertz CT molecular complexity index is 323. The van der Waals surface area contributed by atoms with Crippen LogP contribution in [0.15, 0.2) is 0 Å². The van der Waals surface area contributed by atoms with Crippen LogP contribution >= 0.6 is 0 Å². The Morgan fingerprint density at radius 1 is 1.25 bits per heavy atom. The third-order valence-corrected chi connectivity index (χ3v) is 4.92. The first-order valence-electron chi connectivity index (χ1n) is 7.77. The minimum absolute atomic E-state index is 0.108. The van der Waals surface area contributed by atoms with Gasteiger partial charge in [0.1, 0.15) is 6.61 Å². The number of amides is 1. The van der Waals surface area contributed by atoms with Crippen LogP contribution in [0.25, 0.3) is 0 Å². The van der Waals surface area contributed by atoms with Gasteiger partial charge in [0.05, 0.1) is 6.10 Å². The lowest BCUT2D eigenvalue weighted by Crippen LogP contribution is -2.57. The summed E-state index contributed by atoms with van der Waals surface area (Å²) in [6.07, 6.45) is 5.92. The molecule has 0 aromatic heterocycles. The van der Waals surface area contributed by atoms with Crippen molar-refractivity contribution in [3.05, 3.63) is 0 Å². The third-order valence-electron chi connectivity index (χ3n) is 4.92. The molecule has 2 aliphatic rings. The molecule has 2 rings (SSSR count). The second-order valence-electron chi connectivity index (χ2n) is 6.48. The molecule has 20 heavy (non-hydrogen) atoms. The molecule has 1 saturated carbocycles. The van der Waals surface area contributed by atoms with E-state index in [1.165, 1.54) is 19.3 Å². The first kappa shape index (κ1) is 15.7. The molecule has 5 nitrogen and oxygen atoms in total. The van der Waals surface area contributed by atoms with Crippen molar-refractivity contribution >= 4 is 5.91 Å². The zero-order valence-electron chi connectivity index (χ0n) is 13.2. The summed E-state index contributed by atoms with van der Waals surface area (Å²) in [6.45, 7) is 3.04. The molecule has 1 aliphatic carbocycles. The van der Waals surface area contributed by atoms with Crippen LogP contribution in [0.5, 0.6) is 0 Å². The van der Waals surface area contributed by atoms with E-state index in [1.807, 2.05) is 11.9 Å². The van der Waals surface area contributed by atoms with Crippen molar-refractivity contribution in [3.8, 4) is 0 Å². The molecular weight excluding hydrogens is 254 g/mol. The Balaban J connectivity index is 1.74. The highest BCUT2D eigenvalue weighted by Gasteiger charge is 2.40. The Hall–Kier alpha value is -0.650. The van der Waals surface area contributed by atoms with Gasteiger partial charge in [-0.1, -0.05) is 0 Å². The fourth-order valence-corrected chi connectivity index (χ4v) is 3.12. The average Bonchev–Trinajstić information content (AvgIpc) is 2.40. The van der Waals surface area contributed by atoms with Gasteiger partial charge in [-0.25, -0.2) is 0 Å². The summed E-state index contributed by atoms with van der Waals surface area (Å²) in [5.41, 5.74) is 0.194. The van der Waals surface area contributed by atoms with Crippen molar-refractivity contribution in [1.82, 2.24) is 15.1 Å². The molecule has 0 atom stereocenters. The molecule has 0 aromatic rings. The highest BCUT2D eigenvalue weighted by atomic mass is 16.5. The van der Waals surface area contributed by atoms with E-state index >= 15 is 0 Å². The summed E-state index contributed by atoms with van der Waals surface area (Å²) in [5, 5.41) is 3.30. The quantitative estimate of drug-likeness (QED) is 0.779. The Kier molecular flexibility index (Phi) is 5.41. The van der Waals surface area contributed by atoms with Crippen molar-refractivity contribution in [2.45, 2.75) is 43.7 Å². The number of ether oxygens (including phenoxy) is 1. The van der Waals surface area contributed by atoms with E-state index in [0.717, 1.165) is 32.5 Å². The molecule has 1 heterocycles. The van der Waals surface area contributed by atoms with E-state index in [4.69, 9.17) is 4.74 Å². The molecule has 0 bridgehead atoms. The molecule has 0 radical (unpaired) electrons. The average molecular weight is 283 g/mol. The topological polar surface area (TPSA) is 44.8 Å². The maximum Gasteiger partial charge on any atom is 0.248 e. The number of piperidine rings is 1. The second kappa shape index (κ2) is 6.87. The second-order valence-corrected chi connectivity index (χ2v) is 6.48. The van der Waals surface area contributed by atoms with Crippen LogP contribution in [0.4, 0.5) is 0 Å². The lowest BCUT2D eigenvalue weighted by atomic mass is 9.75. The van der Waals surface area contributed by atoms with Crippen molar-refractivity contribution in [1.29, 1.82) is 0 Å². The Morgan fingerprint density at radius 3 is 2.40 bits per heavy atom. The van der Waals surface area contributed by atoms with E-state index in [1.54, 1.807) is 0 Å². The molecule has 1 saturated heterocycles. The number of rotatable bonds is 6. The summed E-state index contributed by atoms with van der Waals surface area (Å²) in [6, 6.07) is 0. The number of carbonyl (C=O) groups excluding carboxylic acids is 1. The zero-order valence-corrected chi connectivity index (χ0v) is 13.2. The summed E-state index contributed by atoms with van der Waals surface area (Å²) in [7, 11) is 6.13. The van der Waals surface area contributed by atoms with Gasteiger partial charge in [0.25, 0.3) is 0 Å². The Labute approximate surface area is 122 Å². The zero-order chi connectivity index (χ0) is 14.6. The first-order valence-corrected chi connectivity index (χ1v) is 7.77. The van der Waals surface area contributed by atoms with E-state index in [0.29, 0.717) is 0 Å². The van der Waals surface area contributed by atoms with Gasteiger partial charge in [-0.2, -0.15) is 0 Å². The van der Waals surface area contributed by atoms with E-state index in [-0.39, 0.29) is 24.2 Å². The molecule has 116 valence electrons. The maximum absolute atomic E-state index is 12.2. The molecule has 0 unspecified atom stereocenters. The number of carbonyl (C=O) groups is 1. The predicted octanol–water partition coefficient (Wildman–Crippen LogP) is 0.698. The minimum Gasteiger partial charge on any atom is -0.368 e. The summed E-state index contributed by atoms with van der Waals surface area (Å²) >= 11 is 0. The molecule has 0 spiro atoms. The maximum atomic E-state index is 12.2. The van der Waals surface area contributed by atoms with Gasteiger partial charge in [0.15, 0.2) is 0 Å². The lowest BCUT2D eigenvalue weighted by Gasteiger charge is -2.49. The number of hydrogen-bond acceptors (Lipinski definition) is 4. The molecule has 5 heteroatoms. The number of nitrogens with zero attached hydrogens (tertiary/aromatic N) is 2. The standard InChI is InChI=1S/C15H29N3O2/c1-17(2)15(7-4-8-15)12-18(3)14(19)11-20-13-5-9-16-10-6-13/h13,16H,4-12H2,1-3H3. The molecular formula is C15H29N3O2. The van der Waals surface area contributed by atoms with Crippen molar-refractivity contribution < 1.29 is 9.53 Å². The smallest absolute Gasteiger partial charge is 0.248 e. The number of nitrogens with one attached hydrogen (secondary N) is 1. The van der Waals surface area contributed by atoms with E-state index < -0.39 is 0 Å². The van der Waals surface area contributed by atoms with Crippen LogP contribution < -0.4 is 5.32 Å². The molecule has 1 aliphatic heterocycles. The summed E-state index contributed by atoms with van der Waals surface area (Å²) in [5.74, 6) is 0.108. The first-order chi connectivity index (χ1) is 9.53. The molecule has 0 aromatic carbocycles. The fourth-order valence-electron chi connectivity index (χ4n) is 3.12. The number of likely N-dealkylation sites (N-methyl/N-ethyl adjacent to an activating group) is 2. The van der Waals surface area contributed by atoms with E-state index in [9.17, 15) is 4.79 Å². The van der Waals surface area contributed by atoms with Gasteiger partial charge >= 0.3 is 0 Å². The van der Waals surface area contributed by atoms with Gasteiger partial charge in [-0.3, -0.25) is 4.79 Å². The SMILES string of the molecule is CN(CC1(N(C)C)CCC1)C(=O)COC1CCNCC1.